The molecule has 25 heavy (non-hydrogen) atoms. The molecule has 134 valence electrons. The van der Waals surface area contributed by atoms with Gasteiger partial charge in [-0.2, -0.15) is 0 Å². The number of anilines is 1. The number of carbonyl (C=O) groups is 1. The molecule has 1 aliphatic carbocycles. The summed E-state index contributed by atoms with van der Waals surface area (Å²) in [5.74, 6) is 0.141. The molecule has 1 aromatic carbocycles. The molecule has 0 radical (unpaired) electrons. The second-order valence-electron chi connectivity index (χ2n) is 6.47. The van der Waals surface area contributed by atoms with E-state index >= 15 is 0 Å². The molecule has 6 nitrogen and oxygen atoms in total. The van der Waals surface area contributed by atoms with Crippen molar-refractivity contribution in [2.45, 2.75) is 38.1 Å². The summed E-state index contributed by atoms with van der Waals surface area (Å²) in [6.07, 6.45) is 6.53. The van der Waals surface area contributed by atoms with Gasteiger partial charge >= 0.3 is 0 Å². The van der Waals surface area contributed by atoms with Crippen LogP contribution in [0.4, 0.5) is 5.69 Å². The van der Waals surface area contributed by atoms with E-state index < -0.39 is 0 Å². The highest BCUT2D eigenvalue weighted by atomic mass is 16.5. The third-order valence-corrected chi connectivity index (χ3v) is 4.64. The smallest absolute Gasteiger partial charge is 0.294 e. The number of amides is 1. The Labute approximate surface area is 148 Å². The fourth-order valence-corrected chi connectivity index (χ4v) is 3.15. The number of ether oxygens (including phenoxy) is 1. The van der Waals surface area contributed by atoms with E-state index in [-0.39, 0.29) is 11.7 Å². The van der Waals surface area contributed by atoms with E-state index in [1.54, 1.807) is 0 Å². The Morgan fingerprint density at radius 3 is 2.80 bits per heavy atom. The van der Waals surface area contributed by atoms with E-state index in [9.17, 15) is 4.79 Å². The van der Waals surface area contributed by atoms with Gasteiger partial charge in [0.1, 0.15) is 6.61 Å². The van der Waals surface area contributed by atoms with Gasteiger partial charge in [0.05, 0.1) is 6.07 Å². The van der Waals surface area contributed by atoms with Gasteiger partial charge in [-0.15, -0.1) is 0 Å². The van der Waals surface area contributed by atoms with Crippen LogP contribution >= 0.6 is 0 Å². The van der Waals surface area contributed by atoms with Crippen LogP contribution in [-0.4, -0.2) is 42.2 Å². The lowest BCUT2D eigenvalue weighted by molar-refractivity contribution is 0.0987. The van der Waals surface area contributed by atoms with Crippen molar-refractivity contribution in [1.29, 1.82) is 0 Å². The highest BCUT2D eigenvalue weighted by molar-refractivity contribution is 6.02. The van der Waals surface area contributed by atoms with Crippen LogP contribution in [0.5, 0.6) is 5.88 Å². The lowest BCUT2D eigenvalue weighted by Crippen LogP contribution is -2.36. The highest BCUT2D eigenvalue weighted by Crippen LogP contribution is 2.21. The van der Waals surface area contributed by atoms with Gasteiger partial charge < -0.3 is 19.5 Å². The first-order valence-electron chi connectivity index (χ1n) is 8.88. The molecule has 0 bridgehead atoms. The quantitative estimate of drug-likeness (QED) is 0.832. The van der Waals surface area contributed by atoms with Crippen molar-refractivity contribution in [3.63, 3.8) is 0 Å². The monoisotopic (exact) mass is 343 g/mol. The molecule has 1 heterocycles. The van der Waals surface area contributed by atoms with Crippen LogP contribution in [0.1, 0.15) is 42.7 Å². The minimum Gasteiger partial charge on any atom is -0.474 e. The average molecular weight is 343 g/mol. The molecule has 1 saturated carbocycles. The molecule has 1 aliphatic rings. The minimum absolute atomic E-state index is 0.138. The standard InChI is InChI=1S/C19H25N3O3/c1-22(16-10-6-3-7-11-16)12-13-24-18-14-17(25-21-18)19(23)20-15-8-4-2-5-9-15/h2,4-5,8-9,14,16H,3,6-7,10-13H2,1H3,(H,20,23). The van der Waals surface area contributed by atoms with Gasteiger partial charge in [-0.25, -0.2) is 0 Å². The van der Waals surface area contributed by atoms with Crippen molar-refractivity contribution in [3.8, 4) is 5.88 Å². The fourth-order valence-electron chi connectivity index (χ4n) is 3.15. The summed E-state index contributed by atoms with van der Waals surface area (Å²) in [5, 5.41) is 6.56. The number of rotatable bonds is 7. The lowest BCUT2D eigenvalue weighted by Gasteiger charge is -2.30. The predicted molar refractivity (Wildman–Crippen MR) is 95.9 cm³/mol. The molecule has 0 aliphatic heterocycles. The summed E-state index contributed by atoms with van der Waals surface area (Å²) < 4.78 is 10.7. The number of hydrogen-bond acceptors (Lipinski definition) is 5. The first-order valence-corrected chi connectivity index (χ1v) is 8.88. The van der Waals surface area contributed by atoms with Crippen LogP contribution < -0.4 is 10.1 Å². The molecule has 0 atom stereocenters. The van der Waals surface area contributed by atoms with E-state index in [0.717, 1.165) is 6.54 Å². The SMILES string of the molecule is CN(CCOc1cc(C(=O)Nc2ccccc2)on1)C1CCCCC1. The van der Waals surface area contributed by atoms with Crippen molar-refractivity contribution in [1.82, 2.24) is 10.1 Å². The minimum atomic E-state index is -0.340. The summed E-state index contributed by atoms with van der Waals surface area (Å²) in [6.45, 7) is 1.36. The zero-order valence-corrected chi connectivity index (χ0v) is 14.6. The Balaban J connectivity index is 1.44. The van der Waals surface area contributed by atoms with Gasteiger partial charge in [0, 0.05) is 18.3 Å². The zero-order chi connectivity index (χ0) is 17.5. The summed E-state index contributed by atoms with van der Waals surface area (Å²) in [4.78, 5) is 14.5. The molecule has 1 aromatic heterocycles. The third kappa shape index (κ3) is 5.06. The Bertz CT molecular complexity index is 666. The Hall–Kier alpha value is -2.34. The van der Waals surface area contributed by atoms with Crippen LogP contribution in [0.3, 0.4) is 0 Å². The molecule has 0 unspecified atom stereocenters. The molecule has 0 saturated heterocycles. The number of nitrogens with one attached hydrogen (secondary N) is 1. The highest BCUT2D eigenvalue weighted by Gasteiger charge is 2.18. The summed E-state index contributed by atoms with van der Waals surface area (Å²) in [7, 11) is 2.14. The van der Waals surface area contributed by atoms with Crippen LogP contribution in [0.2, 0.25) is 0 Å². The molecule has 1 amide bonds. The molecule has 2 aromatic rings. The third-order valence-electron chi connectivity index (χ3n) is 4.64. The van der Waals surface area contributed by atoms with Gasteiger partial charge in [-0.05, 0) is 37.2 Å². The van der Waals surface area contributed by atoms with Crippen LogP contribution in [0.15, 0.2) is 40.9 Å². The van der Waals surface area contributed by atoms with Gasteiger partial charge in [0.2, 0.25) is 5.76 Å². The Morgan fingerprint density at radius 2 is 2.04 bits per heavy atom. The van der Waals surface area contributed by atoms with Gasteiger partial charge in [0.15, 0.2) is 0 Å². The Morgan fingerprint density at radius 1 is 1.28 bits per heavy atom. The maximum Gasteiger partial charge on any atom is 0.294 e. The summed E-state index contributed by atoms with van der Waals surface area (Å²) >= 11 is 0. The molecular weight excluding hydrogens is 318 g/mol. The van der Waals surface area contributed by atoms with E-state index in [1.165, 1.54) is 38.2 Å². The lowest BCUT2D eigenvalue weighted by atomic mass is 9.94. The van der Waals surface area contributed by atoms with E-state index in [0.29, 0.717) is 24.2 Å². The summed E-state index contributed by atoms with van der Waals surface area (Å²) in [6, 6.07) is 11.4. The number of hydrogen-bond donors (Lipinski definition) is 1. The van der Waals surface area contributed by atoms with E-state index in [4.69, 9.17) is 9.26 Å². The predicted octanol–water partition coefficient (Wildman–Crippen LogP) is 3.57. The maximum absolute atomic E-state index is 12.1. The van der Waals surface area contributed by atoms with Crippen LogP contribution in [0.25, 0.3) is 0 Å². The topological polar surface area (TPSA) is 67.6 Å². The number of nitrogens with zero attached hydrogens (tertiary/aromatic N) is 2. The van der Waals surface area contributed by atoms with Crippen LogP contribution in [-0.2, 0) is 0 Å². The zero-order valence-electron chi connectivity index (χ0n) is 14.6. The Kier molecular flexibility index (Phi) is 6.06. The average Bonchev–Trinajstić information content (AvgIpc) is 3.12. The number of likely N-dealkylation sites (N-methyl/N-ethyl adjacent to an activating group) is 1. The van der Waals surface area contributed by atoms with Crippen LogP contribution in [0, 0.1) is 0 Å². The molecular formula is C19H25N3O3. The number of aromatic nitrogens is 1. The van der Waals surface area contributed by atoms with Gasteiger partial charge in [0.25, 0.3) is 11.8 Å². The van der Waals surface area contributed by atoms with Crippen molar-refractivity contribution in [3.05, 3.63) is 42.2 Å². The number of benzene rings is 1. The second-order valence-corrected chi connectivity index (χ2v) is 6.47. The van der Waals surface area contributed by atoms with Crippen molar-refractivity contribution >= 4 is 11.6 Å². The molecule has 0 spiro atoms. The molecule has 3 rings (SSSR count). The number of carbonyl (C=O) groups excluding carboxylic acids is 1. The maximum atomic E-state index is 12.1. The van der Waals surface area contributed by atoms with E-state index in [1.807, 2.05) is 30.3 Å². The largest absolute Gasteiger partial charge is 0.474 e. The fraction of sp³-hybridized carbons (Fsp3) is 0.474. The van der Waals surface area contributed by atoms with Crippen molar-refractivity contribution in [2.75, 3.05) is 25.5 Å². The summed E-state index contributed by atoms with van der Waals surface area (Å²) in [5.41, 5.74) is 0.709. The number of para-hydroxylation sites is 1. The van der Waals surface area contributed by atoms with Crippen molar-refractivity contribution < 1.29 is 14.1 Å². The normalized spacial score (nSPS) is 15.3. The second kappa shape index (κ2) is 8.67. The van der Waals surface area contributed by atoms with Gasteiger partial charge in [-0.3, -0.25) is 4.79 Å². The molecule has 6 heteroatoms. The van der Waals surface area contributed by atoms with Crippen molar-refractivity contribution in [2.24, 2.45) is 0 Å². The molecule has 1 fully saturated rings. The molecule has 1 N–H and O–H groups in total. The van der Waals surface area contributed by atoms with E-state index in [2.05, 4.69) is 22.4 Å². The first kappa shape index (κ1) is 17.5. The first-order chi connectivity index (χ1) is 12.2. The van der Waals surface area contributed by atoms with Gasteiger partial charge in [-0.1, -0.05) is 37.5 Å².